The van der Waals surface area contributed by atoms with Crippen LogP contribution in [0.3, 0.4) is 0 Å². The van der Waals surface area contributed by atoms with E-state index in [9.17, 15) is 4.79 Å². The molecule has 4 unspecified atom stereocenters. The maximum Gasteiger partial charge on any atom is 0.269 e. The van der Waals surface area contributed by atoms with Crippen molar-refractivity contribution in [1.29, 1.82) is 0 Å². The molecule has 2 aliphatic carbocycles. The van der Waals surface area contributed by atoms with Crippen LogP contribution in [0.4, 0.5) is 0 Å². The number of amides is 1. The van der Waals surface area contributed by atoms with E-state index < -0.39 is 0 Å². The van der Waals surface area contributed by atoms with Crippen LogP contribution < -0.4 is 5.32 Å². The molecule has 1 aromatic heterocycles. The first-order valence-corrected chi connectivity index (χ1v) is 8.88. The van der Waals surface area contributed by atoms with Gasteiger partial charge in [-0.2, -0.15) is 5.10 Å². The van der Waals surface area contributed by atoms with Gasteiger partial charge in [-0.05, 0) is 62.8 Å². The van der Waals surface area contributed by atoms with Gasteiger partial charge < -0.3 is 5.32 Å². The van der Waals surface area contributed by atoms with Gasteiger partial charge in [0.25, 0.3) is 5.91 Å². The van der Waals surface area contributed by atoms with E-state index in [-0.39, 0.29) is 11.9 Å². The molecule has 1 heterocycles. The van der Waals surface area contributed by atoms with Crippen LogP contribution in [-0.2, 0) is 6.54 Å². The molecule has 0 aromatic carbocycles. The Morgan fingerprint density at radius 3 is 2.68 bits per heavy atom. The van der Waals surface area contributed by atoms with Gasteiger partial charge in [-0.1, -0.05) is 20.3 Å². The minimum Gasteiger partial charge on any atom is -0.348 e. The normalized spacial score (nSPS) is 28.3. The molecule has 4 nitrogen and oxygen atoms in total. The fourth-order valence-corrected chi connectivity index (χ4v) is 4.44. The highest BCUT2D eigenvalue weighted by atomic mass is 16.2. The van der Waals surface area contributed by atoms with Gasteiger partial charge in [0.2, 0.25) is 0 Å². The van der Waals surface area contributed by atoms with Crippen molar-refractivity contribution in [2.45, 2.75) is 71.9 Å². The van der Waals surface area contributed by atoms with Crippen molar-refractivity contribution in [2.24, 2.45) is 17.8 Å². The van der Waals surface area contributed by atoms with E-state index in [1.807, 2.05) is 17.7 Å². The lowest BCUT2D eigenvalue weighted by Crippen LogP contribution is -2.40. The van der Waals surface area contributed by atoms with E-state index in [4.69, 9.17) is 0 Å². The second kappa shape index (κ2) is 6.05. The molecule has 2 fully saturated rings. The molecule has 0 saturated heterocycles. The number of nitrogens with one attached hydrogen (secondary N) is 1. The fourth-order valence-electron chi connectivity index (χ4n) is 4.44. The highest BCUT2D eigenvalue weighted by Gasteiger charge is 2.42. The van der Waals surface area contributed by atoms with Gasteiger partial charge in [0.1, 0.15) is 5.69 Å². The number of aryl methyl sites for hydroxylation is 1. The lowest BCUT2D eigenvalue weighted by atomic mass is 9.84. The monoisotopic (exact) mass is 303 g/mol. The molecular formula is C18H29N3O. The van der Waals surface area contributed by atoms with E-state index in [1.54, 1.807) is 0 Å². The summed E-state index contributed by atoms with van der Waals surface area (Å²) in [4.78, 5) is 12.7. The van der Waals surface area contributed by atoms with Gasteiger partial charge in [0.15, 0.2) is 0 Å². The van der Waals surface area contributed by atoms with Crippen molar-refractivity contribution in [3.05, 3.63) is 17.5 Å². The number of hydrogen-bond acceptors (Lipinski definition) is 2. The zero-order valence-electron chi connectivity index (χ0n) is 14.3. The zero-order valence-corrected chi connectivity index (χ0v) is 14.3. The predicted molar refractivity (Wildman–Crippen MR) is 87.9 cm³/mol. The summed E-state index contributed by atoms with van der Waals surface area (Å²) >= 11 is 0. The van der Waals surface area contributed by atoms with Crippen LogP contribution in [0.1, 0.15) is 75.5 Å². The van der Waals surface area contributed by atoms with Crippen LogP contribution in [0, 0.1) is 17.8 Å². The van der Waals surface area contributed by atoms with Gasteiger partial charge in [0.05, 0.1) is 5.69 Å². The molecule has 0 spiro atoms. The Kier molecular flexibility index (Phi) is 4.28. The minimum atomic E-state index is 0.0384. The summed E-state index contributed by atoms with van der Waals surface area (Å²) in [7, 11) is 0. The molecule has 0 aliphatic heterocycles. The summed E-state index contributed by atoms with van der Waals surface area (Å²) in [6.07, 6.45) is 5.45. The Hall–Kier alpha value is -1.32. The number of rotatable bonds is 5. The van der Waals surface area contributed by atoms with Crippen LogP contribution in [0.2, 0.25) is 0 Å². The Labute approximate surface area is 133 Å². The zero-order chi connectivity index (χ0) is 15.9. The lowest BCUT2D eigenvalue weighted by Gasteiger charge is -2.28. The second-order valence-electron chi connectivity index (χ2n) is 7.53. The third-order valence-corrected chi connectivity index (χ3v) is 5.72. The minimum absolute atomic E-state index is 0.0384. The van der Waals surface area contributed by atoms with Crippen LogP contribution in [0.25, 0.3) is 0 Å². The van der Waals surface area contributed by atoms with Crippen LogP contribution in [0.5, 0.6) is 0 Å². The van der Waals surface area contributed by atoms with Gasteiger partial charge in [-0.25, -0.2) is 0 Å². The molecule has 2 bridgehead atoms. The van der Waals surface area contributed by atoms with E-state index >= 15 is 0 Å². The van der Waals surface area contributed by atoms with Crippen LogP contribution in [-0.4, -0.2) is 21.7 Å². The van der Waals surface area contributed by atoms with Gasteiger partial charge in [-0.15, -0.1) is 0 Å². The number of nitrogens with zero attached hydrogens (tertiary/aromatic N) is 2. The summed E-state index contributed by atoms with van der Waals surface area (Å²) in [5, 5.41) is 7.80. The molecule has 0 radical (unpaired) electrons. The molecule has 1 amide bonds. The smallest absolute Gasteiger partial charge is 0.269 e. The molecule has 4 heteroatoms. The van der Waals surface area contributed by atoms with Crippen molar-refractivity contribution in [2.75, 3.05) is 0 Å². The van der Waals surface area contributed by atoms with E-state index in [2.05, 4.69) is 31.2 Å². The summed E-state index contributed by atoms with van der Waals surface area (Å²) in [5.74, 6) is 2.81. The van der Waals surface area contributed by atoms with Crippen LogP contribution >= 0.6 is 0 Å². The molecule has 4 atom stereocenters. The number of carbonyl (C=O) groups is 1. The first kappa shape index (κ1) is 15.6. The predicted octanol–water partition coefficient (Wildman–Crippen LogP) is 3.58. The highest BCUT2D eigenvalue weighted by molar-refractivity contribution is 5.92. The third kappa shape index (κ3) is 2.80. The Bertz CT molecular complexity index is 549. The molecule has 2 aliphatic rings. The SMILES string of the molecule is CCn1nc(C(C)C)cc1C(=O)NC(C)C1CC2CCC1C2. The third-order valence-electron chi connectivity index (χ3n) is 5.72. The van der Waals surface area contributed by atoms with Gasteiger partial charge in [-0.3, -0.25) is 9.48 Å². The van der Waals surface area contributed by atoms with E-state index in [0.29, 0.717) is 17.5 Å². The number of hydrogen-bond donors (Lipinski definition) is 1. The molecule has 22 heavy (non-hydrogen) atoms. The van der Waals surface area contributed by atoms with Crippen molar-refractivity contribution in [3.63, 3.8) is 0 Å². The van der Waals surface area contributed by atoms with Gasteiger partial charge >= 0.3 is 0 Å². The van der Waals surface area contributed by atoms with Crippen molar-refractivity contribution >= 4 is 5.91 Å². The molecule has 1 N–H and O–H groups in total. The summed E-state index contributed by atoms with van der Waals surface area (Å²) < 4.78 is 1.83. The summed E-state index contributed by atoms with van der Waals surface area (Å²) in [5.41, 5.74) is 1.71. The molecular weight excluding hydrogens is 274 g/mol. The Morgan fingerprint density at radius 2 is 2.14 bits per heavy atom. The number of aromatic nitrogens is 2. The maximum atomic E-state index is 12.7. The standard InChI is InChI=1S/C18H29N3O/c1-5-21-17(10-16(20-21)11(2)3)18(22)19-12(4)15-9-13-6-7-14(15)8-13/h10-15H,5-9H2,1-4H3,(H,19,22). The second-order valence-corrected chi connectivity index (χ2v) is 7.53. The highest BCUT2D eigenvalue weighted by Crippen LogP contribution is 2.49. The lowest BCUT2D eigenvalue weighted by molar-refractivity contribution is 0.0904. The first-order valence-electron chi connectivity index (χ1n) is 8.88. The number of fused-ring (bicyclic) bond motifs is 2. The largest absolute Gasteiger partial charge is 0.348 e. The van der Waals surface area contributed by atoms with E-state index in [1.165, 1.54) is 25.7 Å². The molecule has 122 valence electrons. The number of carbonyl (C=O) groups excluding carboxylic acids is 1. The van der Waals surface area contributed by atoms with Crippen molar-refractivity contribution < 1.29 is 4.79 Å². The van der Waals surface area contributed by atoms with Crippen molar-refractivity contribution in [1.82, 2.24) is 15.1 Å². The average molecular weight is 303 g/mol. The summed E-state index contributed by atoms with van der Waals surface area (Å²) in [6.45, 7) is 9.17. The fraction of sp³-hybridized carbons (Fsp3) is 0.778. The first-order chi connectivity index (χ1) is 10.5. The maximum absolute atomic E-state index is 12.7. The molecule has 3 rings (SSSR count). The van der Waals surface area contributed by atoms with Crippen LogP contribution in [0.15, 0.2) is 6.07 Å². The summed E-state index contributed by atoms with van der Waals surface area (Å²) in [6, 6.07) is 2.22. The molecule has 1 aromatic rings. The van der Waals surface area contributed by atoms with Crippen molar-refractivity contribution in [3.8, 4) is 0 Å². The Balaban J connectivity index is 1.69. The Morgan fingerprint density at radius 1 is 1.36 bits per heavy atom. The topological polar surface area (TPSA) is 46.9 Å². The molecule has 2 saturated carbocycles. The van der Waals surface area contributed by atoms with E-state index in [0.717, 1.165) is 24.1 Å². The quantitative estimate of drug-likeness (QED) is 0.903. The average Bonchev–Trinajstić information content (AvgIpc) is 3.20. The van der Waals surface area contributed by atoms with Gasteiger partial charge in [0, 0.05) is 12.6 Å².